The molecule has 1 aromatic heterocycles. The molecule has 3 aromatic rings. The van der Waals surface area contributed by atoms with E-state index in [1.807, 2.05) is 6.92 Å². The molecule has 0 radical (unpaired) electrons. The van der Waals surface area contributed by atoms with Crippen LogP contribution in [0.25, 0.3) is 11.0 Å². The fraction of sp³-hybridized carbons (Fsp3) is 0.125. The second-order valence-corrected chi connectivity index (χ2v) is 5.28. The van der Waals surface area contributed by atoms with Gasteiger partial charge in [-0.25, -0.2) is 8.78 Å². The van der Waals surface area contributed by atoms with Crippen LogP contribution in [-0.2, 0) is 0 Å². The number of fused-ring (bicyclic) bond motifs is 1. The van der Waals surface area contributed by atoms with Gasteiger partial charge in [0, 0.05) is 22.0 Å². The molecule has 3 rings (SSSR count). The number of hydrogen-bond donors (Lipinski definition) is 1. The Hall–Kier alpha value is -1.91. The van der Waals surface area contributed by atoms with Crippen molar-refractivity contribution in [1.82, 2.24) is 0 Å². The first-order valence-corrected chi connectivity index (χ1v) is 6.74. The molecule has 2 nitrogen and oxygen atoms in total. The SMILES string of the molecule is Cc1c(C(N)c2ccc(F)cc2Cl)oc2cc(F)ccc12. The largest absolute Gasteiger partial charge is 0.459 e. The molecule has 21 heavy (non-hydrogen) atoms. The lowest BCUT2D eigenvalue weighted by molar-refractivity contribution is 0.518. The summed E-state index contributed by atoms with van der Waals surface area (Å²) in [6, 6.07) is 7.69. The lowest BCUT2D eigenvalue weighted by Gasteiger charge is -2.12. The molecule has 2 N–H and O–H groups in total. The Bertz CT molecular complexity index is 829. The highest BCUT2D eigenvalue weighted by Crippen LogP contribution is 2.34. The molecule has 0 bridgehead atoms. The molecule has 1 unspecified atom stereocenters. The van der Waals surface area contributed by atoms with Crippen LogP contribution < -0.4 is 5.73 Å². The van der Waals surface area contributed by atoms with Crippen molar-refractivity contribution in [2.75, 3.05) is 0 Å². The number of benzene rings is 2. The first-order chi connectivity index (χ1) is 9.97. The van der Waals surface area contributed by atoms with Gasteiger partial charge in [0.2, 0.25) is 0 Å². The average Bonchev–Trinajstić information content (AvgIpc) is 2.75. The van der Waals surface area contributed by atoms with Crippen molar-refractivity contribution in [2.45, 2.75) is 13.0 Å². The Balaban J connectivity index is 2.13. The smallest absolute Gasteiger partial charge is 0.137 e. The Labute approximate surface area is 125 Å². The van der Waals surface area contributed by atoms with Crippen LogP contribution in [0.15, 0.2) is 40.8 Å². The molecule has 5 heteroatoms. The third kappa shape index (κ3) is 2.41. The highest BCUT2D eigenvalue weighted by atomic mass is 35.5. The Morgan fingerprint density at radius 2 is 1.76 bits per heavy atom. The number of rotatable bonds is 2. The van der Waals surface area contributed by atoms with Gasteiger partial charge in [-0.15, -0.1) is 0 Å². The van der Waals surface area contributed by atoms with Crippen molar-refractivity contribution in [2.24, 2.45) is 5.73 Å². The molecule has 0 aliphatic heterocycles. The van der Waals surface area contributed by atoms with E-state index in [1.165, 1.54) is 30.3 Å². The second-order valence-electron chi connectivity index (χ2n) is 4.88. The molecule has 2 aromatic carbocycles. The van der Waals surface area contributed by atoms with E-state index in [4.69, 9.17) is 21.8 Å². The van der Waals surface area contributed by atoms with Gasteiger partial charge in [-0.1, -0.05) is 17.7 Å². The fourth-order valence-electron chi connectivity index (χ4n) is 2.41. The van der Waals surface area contributed by atoms with Crippen LogP contribution in [0.4, 0.5) is 8.78 Å². The third-order valence-corrected chi connectivity index (χ3v) is 3.84. The monoisotopic (exact) mass is 307 g/mol. The topological polar surface area (TPSA) is 39.2 Å². The van der Waals surface area contributed by atoms with Crippen LogP contribution in [-0.4, -0.2) is 0 Å². The maximum atomic E-state index is 13.3. The molecular formula is C16H12ClF2NO. The summed E-state index contributed by atoms with van der Waals surface area (Å²) in [4.78, 5) is 0. The van der Waals surface area contributed by atoms with Crippen molar-refractivity contribution in [1.29, 1.82) is 0 Å². The zero-order valence-corrected chi connectivity index (χ0v) is 11.9. The summed E-state index contributed by atoms with van der Waals surface area (Å²) in [5, 5.41) is 1.02. The van der Waals surface area contributed by atoms with Gasteiger partial charge >= 0.3 is 0 Å². The van der Waals surface area contributed by atoms with Gasteiger partial charge in [-0.2, -0.15) is 0 Å². The number of halogens is 3. The minimum atomic E-state index is -0.645. The minimum Gasteiger partial charge on any atom is -0.459 e. The maximum absolute atomic E-state index is 13.3. The number of aryl methyl sites for hydroxylation is 1. The van der Waals surface area contributed by atoms with Gasteiger partial charge in [0.05, 0.1) is 6.04 Å². The van der Waals surface area contributed by atoms with Gasteiger partial charge < -0.3 is 10.2 Å². The number of furan rings is 1. The molecule has 1 heterocycles. The zero-order valence-electron chi connectivity index (χ0n) is 11.2. The molecule has 0 amide bonds. The number of hydrogen-bond acceptors (Lipinski definition) is 2. The van der Waals surface area contributed by atoms with Gasteiger partial charge in [-0.05, 0) is 36.8 Å². The summed E-state index contributed by atoms with van der Waals surface area (Å²) >= 11 is 6.03. The molecule has 0 saturated carbocycles. The summed E-state index contributed by atoms with van der Waals surface area (Å²) in [6.07, 6.45) is 0. The van der Waals surface area contributed by atoms with Crippen molar-refractivity contribution >= 4 is 22.6 Å². The first-order valence-electron chi connectivity index (χ1n) is 6.36. The minimum absolute atomic E-state index is 0.230. The van der Waals surface area contributed by atoms with Gasteiger partial charge in [0.1, 0.15) is 23.0 Å². The molecule has 0 saturated heterocycles. The van der Waals surface area contributed by atoms with Crippen molar-refractivity contribution < 1.29 is 13.2 Å². The van der Waals surface area contributed by atoms with Crippen molar-refractivity contribution in [3.05, 3.63) is 69.9 Å². The van der Waals surface area contributed by atoms with Crippen LogP contribution in [0, 0.1) is 18.6 Å². The summed E-state index contributed by atoms with van der Waals surface area (Å²) in [5.41, 5.74) is 7.98. The van der Waals surface area contributed by atoms with Crippen LogP contribution in [0.1, 0.15) is 22.9 Å². The highest BCUT2D eigenvalue weighted by Gasteiger charge is 2.21. The van der Waals surface area contributed by atoms with Gasteiger partial charge in [0.15, 0.2) is 0 Å². The molecule has 0 aliphatic rings. The summed E-state index contributed by atoms with van der Waals surface area (Å²) in [6.45, 7) is 1.84. The summed E-state index contributed by atoms with van der Waals surface area (Å²) in [7, 11) is 0. The lowest BCUT2D eigenvalue weighted by atomic mass is 10.0. The predicted molar refractivity (Wildman–Crippen MR) is 78.3 cm³/mol. The van der Waals surface area contributed by atoms with Crippen molar-refractivity contribution in [3.63, 3.8) is 0 Å². The molecule has 108 valence electrons. The third-order valence-electron chi connectivity index (χ3n) is 3.52. The zero-order chi connectivity index (χ0) is 15.1. The second kappa shape index (κ2) is 5.13. The fourth-order valence-corrected chi connectivity index (χ4v) is 2.69. The van der Waals surface area contributed by atoms with Crippen molar-refractivity contribution in [3.8, 4) is 0 Å². The van der Waals surface area contributed by atoms with E-state index in [0.717, 1.165) is 10.9 Å². The van der Waals surface area contributed by atoms with E-state index in [-0.39, 0.29) is 10.8 Å². The van der Waals surface area contributed by atoms with Crippen LogP contribution in [0.5, 0.6) is 0 Å². The van der Waals surface area contributed by atoms with Crippen LogP contribution >= 0.6 is 11.6 Å². The molecule has 0 aliphatic carbocycles. The Morgan fingerprint density at radius 3 is 2.48 bits per heavy atom. The summed E-state index contributed by atoms with van der Waals surface area (Å²) in [5.74, 6) is -0.320. The van der Waals surface area contributed by atoms with Crippen LogP contribution in [0.2, 0.25) is 5.02 Å². The predicted octanol–water partition coefficient (Wildman–Crippen LogP) is 4.72. The first kappa shape index (κ1) is 14.0. The standard InChI is InChI=1S/C16H12ClF2NO/c1-8-11-4-2-10(19)7-14(11)21-16(8)15(20)12-5-3-9(18)6-13(12)17/h2-7,15H,20H2,1H3. The van der Waals surface area contributed by atoms with E-state index < -0.39 is 11.9 Å². The van der Waals surface area contributed by atoms with Crippen LogP contribution in [0.3, 0.4) is 0 Å². The van der Waals surface area contributed by atoms with E-state index >= 15 is 0 Å². The normalized spacial score (nSPS) is 12.8. The molecular weight excluding hydrogens is 296 g/mol. The summed E-state index contributed by atoms with van der Waals surface area (Å²) < 4.78 is 32.0. The van der Waals surface area contributed by atoms with Gasteiger partial charge in [-0.3, -0.25) is 0 Å². The average molecular weight is 308 g/mol. The lowest BCUT2D eigenvalue weighted by Crippen LogP contribution is -2.12. The molecule has 1 atom stereocenters. The molecule has 0 spiro atoms. The van der Waals surface area contributed by atoms with E-state index in [2.05, 4.69) is 0 Å². The Kier molecular flexibility index (Phi) is 3.43. The van der Waals surface area contributed by atoms with E-state index in [1.54, 1.807) is 6.07 Å². The molecule has 0 fully saturated rings. The van der Waals surface area contributed by atoms with E-state index in [9.17, 15) is 8.78 Å². The number of nitrogens with two attached hydrogens (primary N) is 1. The van der Waals surface area contributed by atoms with Gasteiger partial charge in [0.25, 0.3) is 0 Å². The Morgan fingerprint density at radius 1 is 1.10 bits per heavy atom. The van der Waals surface area contributed by atoms with E-state index in [0.29, 0.717) is 16.9 Å². The quantitative estimate of drug-likeness (QED) is 0.744. The maximum Gasteiger partial charge on any atom is 0.137 e. The highest BCUT2D eigenvalue weighted by molar-refractivity contribution is 6.31.